The fourth-order valence-electron chi connectivity index (χ4n) is 2.28. The van der Waals surface area contributed by atoms with Gasteiger partial charge in [-0.3, -0.25) is 4.79 Å². The maximum absolute atomic E-state index is 12.2. The first-order valence-electron chi connectivity index (χ1n) is 5.91. The molecule has 3 unspecified atom stereocenters. The number of piperidine rings is 1. The van der Waals surface area contributed by atoms with E-state index in [-0.39, 0.29) is 10.7 Å². The van der Waals surface area contributed by atoms with E-state index >= 15 is 0 Å². The van der Waals surface area contributed by atoms with Gasteiger partial charge < -0.3 is 4.90 Å². The second kappa shape index (κ2) is 5.33. The molecule has 0 aromatic carbocycles. The number of amides is 1. The third kappa shape index (κ3) is 2.96. The Bertz CT molecular complexity index is 220. The molecule has 0 radical (unpaired) electrons. The zero-order chi connectivity index (χ0) is 11.6. The van der Waals surface area contributed by atoms with E-state index in [0.717, 1.165) is 12.8 Å². The molecule has 88 valence electrons. The molecule has 0 aromatic rings. The Balaban J connectivity index is 2.71. The van der Waals surface area contributed by atoms with Crippen LogP contribution in [0.1, 0.15) is 47.0 Å². The molecule has 15 heavy (non-hydrogen) atoms. The first kappa shape index (κ1) is 13.0. The summed E-state index contributed by atoms with van der Waals surface area (Å²) < 4.78 is 0. The number of nitrogens with zero attached hydrogens (tertiary/aromatic N) is 1. The number of rotatable bonds is 2. The van der Waals surface area contributed by atoms with Gasteiger partial charge in [-0.2, -0.15) is 0 Å². The van der Waals surface area contributed by atoms with Crippen molar-refractivity contribution in [2.75, 3.05) is 0 Å². The van der Waals surface area contributed by atoms with E-state index in [1.54, 1.807) is 0 Å². The van der Waals surface area contributed by atoms with Crippen molar-refractivity contribution in [2.24, 2.45) is 5.92 Å². The summed E-state index contributed by atoms with van der Waals surface area (Å²) in [5.41, 5.74) is 0. The predicted octanol–water partition coefficient (Wildman–Crippen LogP) is 3.20. The second-order valence-corrected chi connectivity index (χ2v) is 6.01. The lowest BCUT2D eigenvalue weighted by Gasteiger charge is -2.40. The molecule has 1 fully saturated rings. The van der Waals surface area contributed by atoms with Crippen molar-refractivity contribution in [3.8, 4) is 0 Å². The van der Waals surface area contributed by atoms with Crippen LogP contribution in [0.3, 0.4) is 0 Å². The largest absolute Gasteiger partial charge is 0.336 e. The topological polar surface area (TPSA) is 20.3 Å². The minimum absolute atomic E-state index is 0.0273. The van der Waals surface area contributed by atoms with E-state index in [2.05, 4.69) is 48.5 Å². The van der Waals surface area contributed by atoms with E-state index in [1.165, 1.54) is 6.42 Å². The van der Waals surface area contributed by atoms with Crippen LogP contribution in [0.4, 0.5) is 0 Å². The number of alkyl halides is 1. The van der Waals surface area contributed by atoms with Crippen LogP contribution in [0.15, 0.2) is 0 Å². The van der Waals surface area contributed by atoms with E-state index in [0.29, 0.717) is 18.0 Å². The third-order valence-corrected chi connectivity index (χ3v) is 4.72. The molecule has 0 spiro atoms. The summed E-state index contributed by atoms with van der Waals surface area (Å²) in [5.74, 6) is 0.628. The monoisotopic (exact) mass is 275 g/mol. The Kier molecular flexibility index (Phi) is 4.63. The van der Waals surface area contributed by atoms with Crippen molar-refractivity contribution in [3.63, 3.8) is 0 Å². The van der Waals surface area contributed by atoms with Gasteiger partial charge in [0.1, 0.15) is 0 Å². The van der Waals surface area contributed by atoms with Crippen LogP contribution in [0.2, 0.25) is 0 Å². The van der Waals surface area contributed by atoms with Gasteiger partial charge in [-0.1, -0.05) is 29.8 Å². The fourth-order valence-corrected chi connectivity index (χ4v) is 2.52. The highest BCUT2D eigenvalue weighted by Gasteiger charge is 2.33. The SMILES string of the molecule is CC(C)C(Br)C(=O)N1C(C)CCCC1C. The number of likely N-dealkylation sites (tertiary alicyclic amines) is 1. The molecule has 0 aliphatic carbocycles. The molecular weight excluding hydrogens is 254 g/mol. The molecule has 0 saturated carbocycles. The van der Waals surface area contributed by atoms with E-state index < -0.39 is 0 Å². The van der Waals surface area contributed by atoms with Crippen molar-refractivity contribution in [2.45, 2.75) is 63.9 Å². The lowest BCUT2D eigenvalue weighted by Crippen LogP contribution is -2.51. The first-order chi connectivity index (χ1) is 6.95. The highest BCUT2D eigenvalue weighted by Crippen LogP contribution is 2.26. The van der Waals surface area contributed by atoms with Gasteiger partial charge in [-0.05, 0) is 39.0 Å². The Morgan fingerprint density at radius 2 is 1.73 bits per heavy atom. The van der Waals surface area contributed by atoms with Crippen LogP contribution in [0.5, 0.6) is 0 Å². The highest BCUT2D eigenvalue weighted by molar-refractivity contribution is 9.10. The number of carbonyl (C=O) groups is 1. The molecule has 3 atom stereocenters. The molecule has 1 heterocycles. The third-order valence-electron chi connectivity index (χ3n) is 3.27. The quantitative estimate of drug-likeness (QED) is 0.709. The van der Waals surface area contributed by atoms with Gasteiger partial charge in [0.25, 0.3) is 0 Å². The first-order valence-corrected chi connectivity index (χ1v) is 6.83. The molecule has 0 aromatic heterocycles. The van der Waals surface area contributed by atoms with Crippen LogP contribution < -0.4 is 0 Å². The summed E-state index contributed by atoms with van der Waals surface area (Å²) >= 11 is 3.51. The summed E-state index contributed by atoms with van der Waals surface area (Å²) in [7, 11) is 0. The second-order valence-electron chi connectivity index (χ2n) is 5.02. The van der Waals surface area contributed by atoms with E-state index in [9.17, 15) is 4.79 Å². The van der Waals surface area contributed by atoms with Crippen molar-refractivity contribution in [1.82, 2.24) is 4.90 Å². The molecule has 1 rings (SSSR count). The zero-order valence-electron chi connectivity index (χ0n) is 10.2. The Hall–Kier alpha value is -0.0500. The van der Waals surface area contributed by atoms with Crippen LogP contribution in [0, 0.1) is 5.92 Å². The van der Waals surface area contributed by atoms with Crippen LogP contribution >= 0.6 is 15.9 Å². The Morgan fingerprint density at radius 1 is 1.27 bits per heavy atom. The van der Waals surface area contributed by atoms with Crippen molar-refractivity contribution in [3.05, 3.63) is 0 Å². The van der Waals surface area contributed by atoms with Gasteiger partial charge in [-0.15, -0.1) is 0 Å². The lowest BCUT2D eigenvalue weighted by atomic mass is 9.96. The molecule has 1 saturated heterocycles. The summed E-state index contributed by atoms with van der Waals surface area (Å²) in [4.78, 5) is 14.3. The summed E-state index contributed by atoms with van der Waals surface area (Å²) in [6, 6.07) is 0.806. The van der Waals surface area contributed by atoms with Crippen LogP contribution in [0.25, 0.3) is 0 Å². The zero-order valence-corrected chi connectivity index (χ0v) is 11.8. The van der Waals surface area contributed by atoms with Gasteiger partial charge in [0.05, 0.1) is 4.83 Å². The van der Waals surface area contributed by atoms with Gasteiger partial charge in [0.2, 0.25) is 5.91 Å². The fraction of sp³-hybridized carbons (Fsp3) is 0.917. The molecule has 2 nitrogen and oxygen atoms in total. The van der Waals surface area contributed by atoms with Crippen LogP contribution in [-0.2, 0) is 4.79 Å². The average molecular weight is 276 g/mol. The lowest BCUT2D eigenvalue weighted by molar-refractivity contribution is -0.137. The van der Waals surface area contributed by atoms with E-state index in [1.807, 2.05) is 0 Å². The Labute approximate surface area is 102 Å². The minimum atomic E-state index is -0.0273. The normalized spacial score (nSPS) is 29.3. The number of hydrogen-bond donors (Lipinski definition) is 0. The van der Waals surface area contributed by atoms with Crippen molar-refractivity contribution < 1.29 is 4.79 Å². The smallest absolute Gasteiger partial charge is 0.237 e. The predicted molar refractivity (Wildman–Crippen MR) is 67.2 cm³/mol. The maximum Gasteiger partial charge on any atom is 0.237 e. The molecular formula is C12H22BrNO. The molecule has 1 aliphatic rings. The summed E-state index contributed by atoms with van der Waals surface area (Å²) in [5, 5.41) is 0. The summed E-state index contributed by atoms with van der Waals surface area (Å²) in [6.45, 7) is 8.48. The summed E-state index contributed by atoms with van der Waals surface area (Å²) in [6.07, 6.45) is 3.54. The molecule has 1 amide bonds. The number of carbonyl (C=O) groups excluding carboxylic acids is 1. The molecule has 0 N–H and O–H groups in total. The Morgan fingerprint density at radius 3 is 2.13 bits per heavy atom. The van der Waals surface area contributed by atoms with E-state index in [4.69, 9.17) is 0 Å². The maximum atomic E-state index is 12.2. The molecule has 3 heteroatoms. The standard InChI is InChI=1S/C12H22BrNO/c1-8(2)11(13)12(15)14-9(3)6-5-7-10(14)4/h8-11H,5-7H2,1-4H3. The average Bonchev–Trinajstić information content (AvgIpc) is 2.15. The van der Waals surface area contributed by atoms with Crippen molar-refractivity contribution in [1.29, 1.82) is 0 Å². The van der Waals surface area contributed by atoms with Crippen molar-refractivity contribution >= 4 is 21.8 Å². The molecule has 1 aliphatic heterocycles. The van der Waals surface area contributed by atoms with Gasteiger partial charge in [0, 0.05) is 12.1 Å². The van der Waals surface area contributed by atoms with Gasteiger partial charge in [-0.25, -0.2) is 0 Å². The highest BCUT2D eigenvalue weighted by atomic mass is 79.9. The minimum Gasteiger partial charge on any atom is -0.336 e. The van der Waals surface area contributed by atoms with Gasteiger partial charge >= 0.3 is 0 Å². The molecule has 0 bridgehead atoms. The van der Waals surface area contributed by atoms with Gasteiger partial charge in [0.15, 0.2) is 0 Å². The number of halogens is 1. The number of hydrogen-bond acceptors (Lipinski definition) is 1. The van der Waals surface area contributed by atoms with Crippen LogP contribution in [-0.4, -0.2) is 27.7 Å².